The molecule has 178 valence electrons. The number of benzene rings is 1. The molecule has 34 heavy (non-hydrogen) atoms. The van der Waals surface area contributed by atoms with Crippen molar-refractivity contribution < 1.29 is 14.7 Å². The summed E-state index contributed by atoms with van der Waals surface area (Å²) in [5.74, 6) is -3.02. The van der Waals surface area contributed by atoms with E-state index in [9.17, 15) is 24.3 Å². The van der Waals surface area contributed by atoms with Gasteiger partial charge in [-0.3, -0.25) is 9.59 Å². The molecule has 1 saturated carbocycles. The number of aryl methyl sites for hydroxylation is 1. The fourth-order valence-electron chi connectivity index (χ4n) is 5.34. The lowest BCUT2D eigenvalue weighted by atomic mass is 9.59. The average molecular weight is 545 g/mol. The van der Waals surface area contributed by atoms with Gasteiger partial charge in [0.2, 0.25) is 0 Å². The molecule has 4 atom stereocenters. The first-order valence-electron chi connectivity index (χ1n) is 10.3. The SMILES string of the molecule is Cc1cccc([C@H]2C3=CCn4c(=O)n(C)c(=O)n4[C@@H]3C[C@@]3(Cl)C(=O)C(Cl)=C(Cl)C(=O)[C@@]23Cl)c1O. The third-order valence-electron chi connectivity index (χ3n) is 7.07. The van der Waals surface area contributed by atoms with Crippen LogP contribution in [-0.4, -0.2) is 40.4 Å². The molecule has 8 nitrogen and oxygen atoms in total. The van der Waals surface area contributed by atoms with E-state index in [-0.39, 0.29) is 24.3 Å². The van der Waals surface area contributed by atoms with Crippen LogP contribution in [0.3, 0.4) is 0 Å². The highest BCUT2D eigenvalue weighted by Crippen LogP contribution is 2.64. The molecular formula is C22H17Cl4N3O5. The van der Waals surface area contributed by atoms with Gasteiger partial charge in [-0.2, -0.15) is 0 Å². The summed E-state index contributed by atoms with van der Waals surface area (Å²) in [6, 6.07) is 3.99. The number of fused-ring (bicyclic) bond motifs is 4. The van der Waals surface area contributed by atoms with Gasteiger partial charge in [0.25, 0.3) is 0 Å². The number of carbonyl (C=O) groups excluding carboxylic acids is 2. The Morgan fingerprint density at radius 1 is 1.03 bits per heavy atom. The third kappa shape index (κ3) is 2.62. The van der Waals surface area contributed by atoms with Gasteiger partial charge in [-0.15, -0.1) is 23.2 Å². The quantitative estimate of drug-likeness (QED) is 0.439. The van der Waals surface area contributed by atoms with Gasteiger partial charge in [0.1, 0.15) is 25.6 Å². The van der Waals surface area contributed by atoms with Crippen molar-refractivity contribution in [3.8, 4) is 5.75 Å². The molecule has 1 fully saturated rings. The van der Waals surface area contributed by atoms with E-state index in [0.29, 0.717) is 11.1 Å². The van der Waals surface area contributed by atoms with Gasteiger partial charge in [-0.05, 0) is 18.1 Å². The van der Waals surface area contributed by atoms with E-state index < -0.39 is 54.7 Å². The van der Waals surface area contributed by atoms with Crippen LogP contribution in [0.15, 0.2) is 49.5 Å². The molecule has 0 unspecified atom stereocenters. The number of phenols is 1. The lowest BCUT2D eigenvalue weighted by Crippen LogP contribution is -2.67. The predicted molar refractivity (Wildman–Crippen MR) is 127 cm³/mol. The normalized spacial score (nSPS) is 30.6. The Morgan fingerprint density at radius 2 is 1.68 bits per heavy atom. The first-order valence-corrected chi connectivity index (χ1v) is 11.8. The first-order chi connectivity index (χ1) is 15.9. The lowest BCUT2D eigenvalue weighted by Gasteiger charge is -2.54. The van der Waals surface area contributed by atoms with Crippen molar-refractivity contribution in [2.45, 2.75) is 41.6 Å². The zero-order valence-electron chi connectivity index (χ0n) is 17.8. The zero-order valence-corrected chi connectivity index (χ0v) is 20.8. The number of nitrogens with zero attached hydrogens (tertiary/aromatic N) is 3. The number of para-hydroxylation sites is 1. The molecule has 1 aromatic heterocycles. The maximum atomic E-state index is 13.6. The van der Waals surface area contributed by atoms with Crippen molar-refractivity contribution >= 4 is 58.0 Å². The maximum absolute atomic E-state index is 13.6. The molecule has 0 radical (unpaired) electrons. The minimum atomic E-state index is -2.16. The minimum absolute atomic E-state index is 0.0124. The molecule has 0 amide bonds. The highest BCUT2D eigenvalue weighted by molar-refractivity contribution is 6.66. The van der Waals surface area contributed by atoms with Crippen molar-refractivity contribution in [1.29, 1.82) is 0 Å². The number of hydrogen-bond acceptors (Lipinski definition) is 5. The summed E-state index contributed by atoms with van der Waals surface area (Å²) in [5.41, 5.74) is 0.0282. The second-order valence-electron chi connectivity index (χ2n) is 8.72. The van der Waals surface area contributed by atoms with E-state index in [1.54, 1.807) is 31.2 Å². The summed E-state index contributed by atoms with van der Waals surface area (Å²) in [6.07, 6.45) is 1.37. The molecule has 2 aliphatic carbocycles. The van der Waals surface area contributed by atoms with Gasteiger partial charge < -0.3 is 5.11 Å². The predicted octanol–water partition coefficient (Wildman–Crippen LogP) is 2.83. The zero-order chi connectivity index (χ0) is 24.9. The van der Waals surface area contributed by atoms with Crippen molar-refractivity contribution in [2.75, 3.05) is 0 Å². The van der Waals surface area contributed by atoms with E-state index in [4.69, 9.17) is 46.4 Å². The van der Waals surface area contributed by atoms with Gasteiger partial charge in [0, 0.05) is 24.9 Å². The van der Waals surface area contributed by atoms with Crippen LogP contribution in [0.5, 0.6) is 5.75 Å². The monoisotopic (exact) mass is 543 g/mol. The second-order valence-corrected chi connectivity index (χ2v) is 10.7. The fraction of sp³-hybridized carbons (Fsp3) is 0.364. The van der Waals surface area contributed by atoms with Gasteiger partial charge in [0.05, 0.1) is 12.6 Å². The number of ketones is 2. The van der Waals surface area contributed by atoms with Crippen LogP contribution >= 0.6 is 46.4 Å². The highest BCUT2D eigenvalue weighted by Gasteiger charge is 2.71. The highest BCUT2D eigenvalue weighted by atomic mass is 35.5. The van der Waals surface area contributed by atoms with Crippen LogP contribution in [0.1, 0.15) is 29.5 Å². The van der Waals surface area contributed by atoms with Crippen LogP contribution < -0.4 is 11.4 Å². The van der Waals surface area contributed by atoms with E-state index in [1.807, 2.05) is 0 Å². The minimum Gasteiger partial charge on any atom is -0.507 e. The number of rotatable bonds is 1. The Hall–Kier alpha value is -2.26. The number of hydrogen-bond donors (Lipinski definition) is 1. The van der Waals surface area contributed by atoms with Crippen molar-refractivity contribution in [1.82, 2.24) is 13.9 Å². The van der Waals surface area contributed by atoms with Crippen molar-refractivity contribution in [3.63, 3.8) is 0 Å². The van der Waals surface area contributed by atoms with Crippen LogP contribution in [0.2, 0.25) is 0 Å². The maximum Gasteiger partial charge on any atom is 0.347 e. The van der Waals surface area contributed by atoms with Gasteiger partial charge >= 0.3 is 11.4 Å². The van der Waals surface area contributed by atoms with Gasteiger partial charge in [0.15, 0.2) is 11.6 Å². The lowest BCUT2D eigenvalue weighted by molar-refractivity contribution is -0.128. The van der Waals surface area contributed by atoms with Gasteiger partial charge in [-0.1, -0.05) is 47.5 Å². The molecule has 5 rings (SSSR count). The summed E-state index contributed by atoms with van der Waals surface area (Å²) in [4.78, 5) is 48.3. The van der Waals surface area contributed by atoms with E-state index in [1.165, 1.54) is 16.4 Å². The second kappa shape index (κ2) is 7.37. The number of alkyl halides is 2. The smallest absolute Gasteiger partial charge is 0.347 e. The Labute approximate surface area is 212 Å². The Balaban J connectivity index is 1.89. The molecule has 2 aromatic rings. The van der Waals surface area contributed by atoms with Crippen LogP contribution in [-0.2, 0) is 23.2 Å². The number of halogens is 4. The summed E-state index contributed by atoms with van der Waals surface area (Å²) < 4.78 is 3.38. The summed E-state index contributed by atoms with van der Waals surface area (Å²) >= 11 is 26.3. The topological polar surface area (TPSA) is 103 Å². The van der Waals surface area contributed by atoms with Crippen molar-refractivity contribution in [3.05, 3.63) is 72.0 Å². The van der Waals surface area contributed by atoms with Crippen molar-refractivity contribution in [2.24, 2.45) is 7.05 Å². The van der Waals surface area contributed by atoms with E-state index in [2.05, 4.69) is 0 Å². The third-order valence-corrected chi connectivity index (χ3v) is 9.33. The number of phenolic OH excluding ortho intramolecular Hbond substituents is 1. The Bertz CT molecular complexity index is 1500. The summed E-state index contributed by atoms with van der Waals surface area (Å²) in [6.45, 7) is 1.68. The standard InChI is InChI=1S/C22H17Cl4N3O5/c1-9-4-3-5-11(16(9)30)13-10-6-7-28-19(33)27(2)20(34)29(28)12(10)8-21(25)17(31)14(23)15(24)18(32)22(13,21)26/h3-6,12-13,30H,7-8H2,1-2H3/t12-,13-,21-,22+/m1/s1. The largest absolute Gasteiger partial charge is 0.507 e. The molecule has 12 heteroatoms. The molecule has 1 aliphatic heterocycles. The number of aromatic hydroxyl groups is 1. The molecule has 3 aliphatic rings. The van der Waals surface area contributed by atoms with Gasteiger partial charge in [-0.25, -0.2) is 23.5 Å². The Kier molecular flexibility index (Phi) is 5.09. The molecule has 0 bridgehead atoms. The Morgan fingerprint density at radius 3 is 2.35 bits per heavy atom. The molecule has 0 spiro atoms. The van der Waals surface area contributed by atoms with E-state index in [0.717, 1.165) is 4.57 Å². The van der Waals surface area contributed by atoms with Crippen LogP contribution in [0.4, 0.5) is 0 Å². The number of Topliss-reactive ketones (excluding diaryl/α,β-unsaturated/α-hetero) is 2. The molecule has 1 N–H and O–H groups in total. The number of aromatic nitrogens is 3. The van der Waals surface area contributed by atoms with Crippen LogP contribution in [0.25, 0.3) is 0 Å². The number of carbonyl (C=O) groups is 2. The average Bonchev–Trinajstić information content (AvgIpc) is 3.03. The number of allylic oxidation sites excluding steroid dienone is 4. The van der Waals surface area contributed by atoms with E-state index >= 15 is 0 Å². The molecule has 1 aromatic carbocycles. The molecule has 0 saturated heterocycles. The van der Waals surface area contributed by atoms with Crippen LogP contribution in [0, 0.1) is 6.92 Å². The molecule has 2 heterocycles. The first kappa shape index (κ1) is 23.5. The summed E-state index contributed by atoms with van der Waals surface area (Å²) in [5, 5.41) is 9.88. The summed E-state index contributed by atoms with van der Waals surface area (Å²) in [7, 11) is 1.34. The molecular weight excluding hydrogens is 528 g/mol. The fourth-order valence-corrected chi connectivity index (χ4v) is 6.85.